The van der Waals surface area contributed by atoms with E-state index in [2.05, 4.69) is 22.5 Å². The van der Waals surface area contributed by atoms with Crippen LogP contribution in [-0.2, 0) is 17.6 Å². The molecule has 1 aliphatic carbocycles. The number of nitrogens with one attached hydrogen (secondary N) is 2. The van der Waals surface area contributed by atoms with E-state index in [0.29, 0.717) is 22.4 Å². The van der Waals surface area contributed by atoms with E-state index in [1.807, 2.05) is 13.8 Å². The summed E-state index contributed by atoms with van der Waals surface area (Å²) < 4.78 is 5.55. The molecule has 7 heteroatoms. The summed E-state index contributed by atoms with van der Waals surface area (Å²) in [5.74, 6) is 0.801. The molecule has 1 heterocycles. The van der Waals surface area contributed by atoms with Crippen molar-refractivity contribution < 1.29 is 14.3 Å². The van der Waals surface area contributed by atoms with Crippen molar-refractivity contribution >= 4 is 28.3 Å². The molecular weight excluding hydrogens is 362 g/mol. The average molecular weight is 388 g/mol. The second-order valence-electron chi connectivity index (χ2n) is 7.16. The zero-order valence-corrected chi connectivity index (χ0v) is 16.7. The highest BCUT2D eigenvalue weighted by atomic mass is 32.1. The fourth-order valence-corrected chi connectivity index (χ4v) is 4.16. The third kappa shape index (κ3) is 5.29. The van der Waals surface area contributed by atoms with Gasteiger partial charge in [0.05, 0.1) is 18.3 Å². The number of aromatic nitrogens is 1. The van der Waals surface area contributed by atoms with Gasteiger partial charge in [0.15, 0.2) is 5.13 Å². The molecule has 6 nitrogen and oxygen atoms in total. The molecule has 1 aromatic heterocycles. The Morgan fingerprint density at radius 2 is 2.04 bits per heavy atom. The minimum atomic E-state index is -0.298. The van der Waals surface area contributed by atoms with E-state index in [-0.39, 0.29) is 24.5 Å². The first kappa shape index (κ1) is 19.4. The van der Waals surface area contributed by atoms with E-state index in [1.54, 1.807) is 24.3 Å². The molecule has 0 bridgehead atoms. The van der Waals surface area contributed by atoms with Crippen LogP contribution >= 0.6 is 11.3 Å². The summed E-state index contributed by atoms with van der Waals surface area (Å²) >= 11 is 1.53. The van der Waals surface area contributed by atoms with E-state index in [4.69, 9.17) is 4.74 Å². The summed E-state index contributed by atoms with van der Waals surface area (Å²) in [6, 6.07) is 6.86. The first-order valence-electron chi connectivity index (χ1n) is 9.24. The molecule has 1 aromatic carbocycles. The third-order valence-corrected chi connectivity index (χ3v) is 5.37. The molecule has 2 amide bonds. The van der Waals surface area contributed by atoms with Gasteiger partial charge >= 0.3 is 0 Å². The largest absolute Gasteiger partial charge is 0.491 e. The molecule has 0 saturated heterocycles. The van der Waals surface area contributed by atoms with Crippen molar-refractivity contribution in [1.29, 1.82) is 0 Å². The van der Waals surface area contributed by atoms with Crippen molar-refractivity contribution in [2.24, 2.45) is 5.92 Å². The van der Waals surface area contributed by atoms with Gasteiger partial charge in [-0.05, 0) is 63.3 Å². The number of carbonyl (C=O) groups is 2. The fourth-order valence-electron chi connectivity index (χ4n) is 2.98. The van der Waals surface area contributed by atoms with Crippen LogP contribution < -0.4 is 15.4 Å². The number of thiazole rings is 1. The second kappa shape index (κ2) is 8.52. The van der Waals surface area contributed by atoms with Crippen LogP contribution in [0, 0.1) is 5.92 Å². The summed E-state index contributed by atoms with van der Waals surface area (Å²) in [5.41, 5.74) is 1.58. The predicted molar refractivity (Wildman–Crippen MR) is 106 cm³/mol. The normalized spacial score (nSPS) is 15.9. The maximum absolute atomic E-state index is 12.2. The number of carbonyl (C=O) groups excluding carboxylic acids is 2. The molecule has 0 radical (unpaired) electrons. The van der Waals surface area contributed by atoms with Gasteiger partial charge in [-0.25, -0.2) is 4.98 Å². The lowest BCUT2D eigenvalue weighted by molar-refractivity contribution is -0.115. The number of aryl methyl sites for hydroxylation is 1. The zero-order chi connectivity index (χ0) is 19.4. The number of amides is 2. The van der Waals surface area contributed by atoms with E-state index >= 15 is 0 Å². The molecule has 0 fully saturated rings. The van der Waals surface area contributed by atoms with Crippen molar-refractivity contribution in [2.75, 3.05) is 11.9 Å². The predicted octanol–water partition coefficient (Wildman–Crippen LogP) is 3.42. The second-order valence-corrected chi connectivity index (χ2v) is 8.24. The standard InChI is InChI=1S/C20H25N3O3S/c1-12(2)26-15-7-5-14(6-8-15)19(25)21-11-18(24)23-20-22-16-9-4-13(3)10-17(16)27-20/h5-8,12-13H,4,9-11H2,1-3H3,(H,21,25)(H,22,23,24). The molecule has 1 aliphatic rings. The number of ether oxygens (including phenoxy) is 1. The first-order valence-corrected chi connectivity index (χ1v) is 10.1. The van der Waals surface area contributed by atoms with E-state index in [1.165, 1.54) is 16.2 Å². The molecule has 3 rings (SSSR count). The number of hydrogen-bond donors (Lipinski definition) is 2. The Bertz CT molecular complexity index is 814. The lowest BCUT2D eigenvalue weighted by atomic mass is 9.93. The Morgan fingerprint density at radius 3 is 2.74 bits per heavy atom. The smallest absolute Gasteiger partial charge is 0.251 e. The topological polar surface area (TPSA) is 80.3 Å². The van der Waals surface area contributed by atoms with Crippen molar-refractivity contribution in [1.82, 2.24) is 10.3 Å². The summed E-state index contributed by atoms with van der Waals surface area (Å²) in [6.07, 6.45) is 3.21. The van der Waals surface area contributed by atoms with Gasteiger partial charge < -0.3 is 15.4 Å². The van der Waals surface area contributed by atoms with Crippen LogP contribution in [0.15, 0.2) is 24.3 Å². The number of fused-ring (bicyclic) bond motifs is 1. The SMILES string of the molecule is CC1CCc2nc(NC(=O)CNC(=O)c3ccc(OC(C)C)cc3)sc2C1. The van der Waals surface area contributed by atoms with Crippen LogP contribution in [0.2, 0.25) is 0 Å². The minimum Gasteiger partial charge on any atom is -0.491 e. The first-order chi connectivity index (χ1) is 12.9. The maximum atomic E-state index is 12.2. The van der Waals surface area contributed by atoms with Crippen molar-refractivity contribution in [3.8, 4) is 5.75 Å². The van der Waals surface area contributed by atoms with Gasteiger partial charge in [-0.2, -0.15) is 0 Å². The number of anilines is 1. The summed E-state index contributed by atoms with van der Waals surface area (Å²) in [5, 5.41) is 6.03. The molecular formula is C20H25N3O3S. The quantitative estimate of drug-likeness (QED) is 0.796. The van der Waals surface area contributed by atoms with Crippen molar-refractivity contribution in [3.63, 3.8) is 0 Å². The van der Waals surface area contributed by atoms with Crippen molar-refractivity contribution in [3.05, 3.63) is 40.4 Å². The minimum absolute atomic E-state index is 0.0770. The lowest BCUT2D eigenvalue weighted by Crippen LogP contribution is -2.32. The Hall–Kier alpha value is -2.41. The van der Waals surface area contributed by atoms with Crippen LogP contribution in [0.3, 0.4) is 0 Å². The molecule has 27 heavy (non-hydrogen) atoms. The lowest BCUT2D eigenvalue weighted by Gasteiger charge is -2.15. The molecule has 1 atom stereocenters. The number of nitrogens with zero attached hydrogens (tertiary/aromatic N) is 1. The Balaban J connectivity index is 1.49. The van der Waals surface area contributed by atoms with Crippen LogP contribution in [0.5, 0.6) is 5.75 Å². The monoisotopic (exact) mass is 387 g/mol. The molecule has 144 valence electrons. The van der Waals surface area contributed by atoms with Gasteiger partial charge in [0.1, 0.15) is 5.75 Å². The van der Waals surface area contributed by atoms with Gasteiger partial charge in [0.2, 0.25) is 5.91 Å². The molecule has 0 spiro atoms. The van der Waals surface area contributed by atoms with Crippen LogP contribution in [0.1, 0.15) is 48.1 Å². The number of hydrogen-bond acceptors (Lipinski definition) is 5. The van der Waals surface area contributed by atoms with Gasteiger partial charge in [-0.3, -0.25) is 9.59 Å². The van der Waals surface area contributed by atoms with Crippen LogP contribution in [0.25, 0.3) is 0 Å². The average Bonchev–Trinajstić information content (AvgIpc) is 3.01. The van der Waals surface area contributed by atoms with Gasteiger partial charge in [-0.1, -0.05) is 6.92 Å². The van der Waals surface area contributed by atoms with Crippen LogP contribution in [0.4, 0.5) is 5.13 Å². The highest BCUT2D eigenvalue weighted by Gasteiger charge is 2.20. The van der Waals surface area contributed by atoms with Gasteiger partial charge in [0.25, 0.3) is 5.91 Å². The summed E-state index contributed by atoms with van der Waals surface area (Å²) in [6.45, 7) is 6.03. The van der Waals surface area contributed by atoms with Gasteiger partial charge in [0, 0.05) is 10.4 Å². The number of benzene rings is 1. The third-order valence-electron chi connectivity index (χ3n) is 4.33. The molecule has 2 aromatic rings. The van der Waals surface area contributed by atoms with Gasteiger partial charge in [-0.15, -0.1) is 11.3 Å². The van der Waals surface area contributed by atoms with Crippen LogP contribution in [-0.4, -0.2) is 29.4 Å². The molecule has 0 aliphatic heterocycles. The summed E-state index contributed by atoms with van der Waals surface area (Å²) in [7, 11) is 0. The zero-order valence-electron chi connectivity index (χ0n) is 15.9. The molecule has 0 saturated carbocycles. The summed E-state index contributed by atoms with van der Waals surface area (Å²) in [4.78, 5) is 30.1. The van der Waals surface area contributed by atoms with E-state index in [9.17, 15) is 9.59 Å². The Morgan fingerprint density at radius 1 is 1.30 bits per heavy atom. The molecule has 1 unspecified atom stereocenters. The Kier molecular flexibility index (Phi) is 6.11. The highest BCUT2D eigenvalue weighted by Crippen LogP contribution is 2.31. The number of rotatable bonds is 6. The maximum Gasteiger partial charge on any atom is 0.251 e. The van der Waals surface area contributed by atoms with Crippen molar-refractivity contribution in [2.45, 2.75) is 46.1 Å². The Labute approximate surface area is 163 Å². The fraction of sp³-hybridized carbons (Fsp3) is 0.450. The van der Waals surface area contributed by atoms with E-state index in [0.717, 1.165) is 25.0 Å². The molecule has 2 N–H and O–H groups in total. The van der Waals surface area contributed by atoms with E-state index < -0.39 is 0 Å². The highest BCUT2D eigenvalue weighted by molar-refractivity contribution is 7.15.